The molecule has 112 valence electrons. The number of aromatic carboxylic acids is 1. The van der Waals surface area contributed by atoms with E-state index in [0.717, 1.165) is 6.07 Å². The fourth-order valence-electron chi connectivity index (χ4n) is 1.70. The maximum Gasteiger partial charge on any atom is 0.335 e. The van der Waals surface area contributed by atoms with E-state index in [1.165, 1.54) is 19.2 Å². The van der Waals surface area contributed by atoms with Crippen molar-refractivity contribution >= 4 is 15.8 Å². The first kappa shape index (κ1) is 16.5. The average Bonchev–Trinajstić information content (AvgIpc) is 2.42. The van der Waals surface area contributed by atoms with Crippen LogP contribution in [-0.2, 0) is 14.6 Å². The Hall–Kier alpha value is -1.60. The summed E-state index contributed by atoms with van der Waals surface area (Å²) in [7, 11) is -0.687. The summed E-state index contributed by atoms with van der Waals surface area (Å²) in [6, 6.07) is 3.80. The van der Waals surface area contributed by atoms with Gasteiger partial charge in [0, 0.05) is 13.7 Å². The van der Waals surface area contributed by atoms with Crippen molar-refractivity contribution in [2.24, 2.45) is 0 Å². The van der Waals surface area contributed by atoms with Gasteiger partial charge in [0.15, 0.2) is 9.84 Å². The molecular formula is C13H18O6S. The zero-order chi connectivity index (χ0) is 15.2. The van der Waals surface area contributed by atoms with Crippen molar-refractivity contribution in [3.63, 3.8) is 0 Å². The molecule has 0 atom stereocenters. The fourth-order valence-corrected chi connectivity index (χ4v) is 3.27. The van der Waals surface area contributed by atoms with Crippen LogP contribution in [0.15, 0.2) is 23.1 Å². The van der Waals surface area contributed by atoms with E-state index >= 15 is 0 Å². The molecule has 0 saturated carbocycles. The van der Waals surface area contributed by atoms with E-state index < -0.39 is 15.8 Å². The molecule has 0 unspecified atom stereocenters. The van der Waals surface area contributed by atoms with Gasteiger partial charge in [-0.1, -0.05) is 0 Å². The first-order chi connectivity index (χ1) is 9.42. The van der Waals surface area contributed by atoms with Gasteiger partial charge in [-0.3, -0.25) is 0 Å². The lowest BCUT2D eigenvalue weighted by atomic mass is 10.2. The lowest BCUT2D eigenvalue weighted by Gasteiger charge is -2.10. The minimum Gasteiger partial charge on any atom is -0.495 e. The number of hydrogen-bond donors (Lipinski definition) is 1. The van der Waals surface area contributed by atoms with Crippen molar-refractivity contribution in [3.8, 4) is 5.75 Å². The van der Waals surface area contributed by atoms with Crippen LogP contribution in [0.4, 0.5) is 0 Å². The Morgan fingerprint density at radius 1 is 1.25 bits per heavy atom. The van der Waals surface area contributed by atoms with Gasteiger partial charge in [-0.25, -0.2) is 13.2 Å². The number of carbonyl (C=O) groups is 1. The predicted molar refractivity (Wildman–Crippen MR) is 73.1 cm³/mol. The molecule has 0 aromatic heterocycles. The van der Waals surface area contributed by atoms with Crippen LogP contribution < -0.4 is 4.74 Å². The molecule has 1 aromatic rings. The third-order valence-corrected chi connectivity index (χ3v) is 4.57. The van der Waals surface area contributed by atoms with Gasteiger partial charge in [0.25, 0.3) is 0 Å². The number of unbranched alkanes of at least 4 members (excludes halogenated alkanes) is 1. The van der Waals surface area contributed by atoms with Crippen LogP contribution in [0.1, 0.15) is 23.2 Å². The fraction of sp³-hybridized carbons (Fsp3) is 0.462. The summed E-state index contributed by atoms with van der Waals surface area (Å²) in [5.41, 5.74) is -0.0822. The average molecular weight is 302 g/mol. The summed E-state index contributed by atoms with van der Waals surface area (Å²) in [5, 5.41) is 8.93. The Morgan fingerprint density at radius 3 is 2.50 bits per heavy atom. The predicted octanol–water partition coefficient (Wildman–Crippen LogP) is 1.59. The number of hydrogen-bond acceptors (Lipinski definition) is 5. The van der Waals surface area contributed by atoms with Crippen molar-refractivity contribution < 1.29 is 27.8 Å². The Balaban J connectivity index is 3.02. The second kappa shape index (κ2) is 7.25. The molecule has 0 radical (unpaired) electrons. The standard InChI is InChI=1S/C13H18O6S/c1-18-7-3-4-8-20(16,17)12-9-10(13(14)15)5-6-11(12)19-2/h5-6,9H,3-4,7-8H2,1-2H3,(H,14,15). The number of sulfone groups is 1. The van der Waals surface area contributed by atoms with Gasteiger partial charge in [0.1, 0.15) is 10.6 Å². The second-order valence-corrected chi connectivity index (χ2v) is 6.27. The SMILES string of the molecule is COCCCCS(=O)(=O)c1cc(C(=O)O)ccc1OC. The molecule has 0 aliphatic heterocycles. The van der Waals surface area contributed by atoms with Crippen molar-refractivity contribution in [2.75, 3.05) is 26.6 Å². The van der Waals surface area contributed by atoms with Gasteiger partial charge < -0.3 is 14.6 Å². The summed E-state index contributed by atoms with van der Waals surface area (Å²) in [4.78, 5) is 10.8. The van der Waals surface area contributed by atoms with Crippen molar-refractivity contribution in [1.82, 2.24) is 0 Å². The summed E-state index contributed by atoms with van der Waals surface area (Å²) in [5.74, 6) is -1.10. The molecule has 0 saturated heterocycles. The molecule has 1 rings (SSSR count). The van der Waals surface area contributed by atoms with Gasteiger partial charge >= 0.3 is 5.97 Å². The second-order valence-electron chi connectivity index (χ2n) is 4.19. The first-order valence-corrected chi connectivity index (χ1v) is 7.70. The Bertz CT molecular complexity index is 564. The lowest BCUT2D eigenvalue weighted by molar-refractivity contribution is 0.0696. The minimum atomic E-state index is -3.58. The van der Waals surface area contributed by atoms with E-state index in [1.54, 1.807) is 7.11 Å². The molecule has 0 amide bonds. The van der Waals surface area contributed by atoms with E-state index in [4.69, 9.17) is 14.6 Å². The Kier molecular flexibility index (Phi) is 5.97. The maximum atomic E-state index is 12.2. The van der Waals surface area contributed by atoms with Crippen LogP contribution in [0.25, 0.3) is 0 Å². The van der Waals surface area contributed by atoms with Crippen LogP contribution in [0, 0.1) is 0 Å². The van der Waals surface area contributed by atoms with E-state index in [1.807, 2.05) is 0 Å². The molecule has 1 N–H and O–H groups in total. The van der Waals surface area contributed by atoms with Crippen LogP contribution >= 0.6 is 0 Å². The number of carboxylic acids is 1. The van der Waals surface area contributed by atoms with Crippen LogP contribution in [0.5, 0.6) is 5.75 Å². The van der Waals surface area contributed by atoms with Crippen molar-refractivity contribution in [2.45, 2.75) is 17.7 Å². The van der Waals surface area contributed by atoms with Crippen molar-refractivity contribution in [1.29, 1.82) is 0 Å². The molecule has 6 nitrogen and oxygen atoms in total. The number of carboxylic acid groups (broad SMARTS) is 1. The van der Waals surface area contributed by atoms with Gasteiger partial charge in [-0.05, 0) is 31.0 Å². The highest BCUT2D eigenvalue weighted by atomic mass is 32.2. The molecule has 1 aromatic carbocycles. The molecule has 0 spiro atoms. The molecule has 0 fully saturated rings. The lowest BCUT2D eigenvalue weighted by Crippen LogP contribution is -2.10. The first-order valence-electron chi connectivity index (χ1n) is 6.05. The van der Waals surface area contributed by atoms with Gasteiger partial charge in [0.2, 0.25) is 0 Å². The highest BCUT2D eigenvalue weighted by molar-refractivity contribution is 7.91. The highest BCUT2D eigenvalue weighted by Crippen LogP contribution is 2.26. The van der Waals surface area contributed by atoms with Crippen LogP contribution in [0.3, 0.4) is 0 Å². The van der Waals surface area contributed by atoms with Gasteiger partial charge in [-0.15, -0.1) is 0 Å². The van der Waals surface area contributed by atoms with Gasteiger partial charge in [0.05, 0.1) is 18.4 Å². The zero-order valence-electron chi connectivity index (χ0n) is 11.5. The summed E-state index contributed by atoms with van der Waals surface area (Å²) in [6.45, 7) is 0.488. The van der Waals surface area contributed by atoms with E-state index in [-0.39, 0.29) is 22.0 Å². The number of methoxy groups -OCH3 is 2. The molecular weight excluding hydrogens is 284 g/mol. The van der Waals surface area contributed by atoms with E-state index in [9.17, 15) is 13.2 Å². The third kappa shape index (κ3) is 4.21. The Labute approximate surface area is 118 Å². The molecule has 7 heteroatoms. The van der Waals surface area contributed by atoms with Crippen LogP contribution in [-0.4, -0.2) is 46.1 Å². The van der Waals surface area contributed by atoms with E-state index in [2.05, 4.69) is 0 Å². The van der Waals surface area contributed by atoms with E-state index in [0.29, 0.717) is 19.4 Å². The molecule has 0 bridgehead atoms. The zero-order valence-corrected chi connectivity index (χ0v) is 12.3. The summed E-state index contributed by atoms with van der Waals surface area (Å²) < 4.78 is 34.3. The quantitative estimate of drug-likeness (QED) is 0.733. The Morgan fingerprint density at radius 2 is 1.95 bits per heavy atom. The van der Waals surface area contributed by atoms with Gasteiger partial charge in [-0.2, -0.15) is 0 Å². The molecule has 0 aliphatic rings. The molecule has 20 heavy (non-hydrogen) atoms. The molecule has 0 heterocycles. The van der Waals surface area contributed by atoms with Crippen molar-refractivity contribution in [3.05, 3.63) is 23.8 Å². The normalized spacial score (nSPS) is 11.3. The van der Waals surface area contributed by atoms with Crippen LogP contribution in [0.2, 0.25) is 0 Å². The smallest absolute Gasteiger partial charge is 0.335 e. The number of benzene rings is 1. The molecule has 0 aliphatic carbocycles. The number of ether oxygens (including phenoxy) is 2. The minimum absolute atomic E-state index is 0.0736. The maximum absolute atomic E-state index is 12.2. The topological polar surface area (TPSA) is 89.9 Å². The monoisotopic (exact) mass is 302 g/mol. The third-order valence-electron chi connectivity index (χ3n) is 2.76. The summed E-state index contributed by atoms with van der Waals surface area (Å²) in [6.07, 6.45) is 1.06. The highest BCUT2D eigenvalue weighted by Gasteiger charge is 2.21. The summed E-state index contributed by atoms with van der Waals surface area (Å²) >= 11 is 0. The largest absolute Gasteiger partial charge is 0.495 e. The number of rotatable bonds is 8.